The summed E-state index contributed by atoms with van der Waals surface area (Å²) in [5, 5.41) is 21.7. The lowest BCUT2D eigenvalue weighted by Gasteiger charge is -2.08. The van der Waals surface area contributed by atoms with Crippen LogP contribution in [-0.2, 0) is 0 Å². The number of pyridine rings is 1. The van der Waals surface area contributed by atoms with Crippen LogP contribution >= 0.6 is 0 Å². The van der Waals surface area contributed by atoms with Crippen molar-refractivity contribution in [1.82, 2.24) is 20.5 Å². The molecule has 3 rings (SSSR count). The van der Waals surface area contributed by atoms with Crippen molar-refractivity contribution in [3.05, 3.63) is 36.5 Å². The zero-order chi connectivity index (χ0) is 16.9. The van der Waals surface area contributed by atoms with Gasteiger partial charge in [-0.1, -0.05) is 6.07 Å². The van der Waals surface area contributed by atoms with E-state index in [1.165, 1.54) is 0 Å². The lowest BCUT2D eigenvalue weighted by Crippen LogP contribution is -2.30. The van der Waals surface area contributed by atoms with E-state index in [0.29, 0.717) is 24.6 Å². The van der Waals surface area contributed by atoms with Gasteiger partial charge in [0.1, 0.15) is 5.82 Å². The summed E-state index contributed by atoms with van der Waals surface area (Å²) in [5.74, 6) is 0.886. The topological polar surface area (TPSA) is 129 Å². The molecule has 0 aliphatic rings. The van der Waals surface area contributed by atoms with Gasteiger partial charge >= 0.3 is 6.03 Å². The zero-order valence-corrected chi connectivity index (χ0v) is 12.9. The minimum absolute atomic E-state index is 0.0354. The highest BCUT2D eigenvalue weighted by molar-refractivity contribution is 5.93. The molecule has 0 unspecified atom stereocenters. The summed E-state index contributed by atoms with van der Waals surface area (Å²) in [7, 11) is 0. The van der Waals surface area contributed by atoms with Gasteiger partial charge in [0.25, 0.3) is 0 Å². The van der Waals surface area contributed by atoms with Crippen molar-refractivity contribution in [1.29, 1.82) is 0 Å². The molecule has 0 aliphatic carbocycles. The first kappa shape index (κ1) is 15.8. The van der Waals surface area contributed by atoms with Gasteiger partial charge in [-0.3, -0.25) is 10.4 Å². The average molecular weight is 326 g/mol. The highest BCUT2D eigenvalue weighted by Crippen LogP contribution is 2.27. The maximum Gasteiger partial charge on any atom is 0.320 e. The smallest absolute Gasteiger partial charge is 0.320 e. The minimum atomic E-state index is -0.359. The molecule has 24 heavy (non-hydrogen) atoms. The molecule has 2 heterocycles. The standard InChI is InChI=1S/C16H18N6O2/c17-15-12-8-10(2-3-13(12)21-22-15)11-4-6-18-14(9-11)20-16(24)19-5-1-7-23/h2-4,6,8-9,23H,1,5,7H2,(H3,17,21,22)(H2,18,19,20,24). The Bertz CT molecular complexity index is 861. The van der Waals surface area contributed by atoms with Gasteiger partial charge in [0.15, 0.2) is 5.82 Å². The molecule has 2 aromatic heterocycles. The number of carbonyl (C=O) groups is 1. The number of aliphatic hydroxyl groups is 1. The molecular formula is C16H18N6O2. The van der Waals surface area contributed by atoms with Crippen LogP contribution in [-0.4, -0.2) is 39.5 Å². The van der Waals surface area contributed by atoms with Gasteiger partial charge in [0.2, 0.25) is 0 Å². The molecule has 1 aromatic carbocycles. The molecule has 124 valence electrons. The number of amides is 2. The quantitative estimate of drug-likeness (QED) is 0.456. The van der Waals surface area contributed by atoms with Crippen molar-refractivity contribution < 1.29 is 9.90 Å². The van der Waals surface area contributed by atoms with E-state index < -0.39 is 0 Å². The predicted octanol–water partition coefficient (Wildman–Crippen LogP) is 1.71. The summed E-state index contributed by atoms with van der Waals surface area (Å²) >= 11 is 0. The summed E-state index contributed by atoms with van der Waals surface area (Å²) in [4.78, 5) is 15.9. The van der Waals surface area contributed by atoms with Crippen molar-refractivity contribution in [2.75, 3.05) is 24.2 Å². The number of nitrogens with one attached hydrogen (secondary N) is 3. The Labute approximate surface area is 138 Å². The molecule has 0 saturated heterocycles. The molecule has 6 N–H and O–H groups in total. The third-order valence-electron chi connectivity index (χ3n) is 3.55. The van der Waals surface area contributed by atoms with Crippen LogP contribution in [0.15, 0.2) is 36.5 Å². The largest absolute Gasteiger partial charge is 0.396 e. The number of benzene rings is 1. The number of urea groups is 1. The molecule has 0 bridgehead atoms. The van der Waals surface area contributed by atoms with E-state index in [1.54, 1.807) is 12.3 Å². The third-order valence-corrected chi connectivity index (χ3v) is 3.55. The molecule has 8 heteroatoms. The number of hydrogen-bond acceptors (Lipinski definition) is 5. The maximum absolute atomic E-state index is 11.7. The predicted molar refractivity (Wildman–Crippen MR) is 92.5 cm³/mol. The second kappa shape index (κ2) is 6.97. The van der Waals surface area contributed by atoms with E-state index in [-0.39, 0.29) is 12.6 Å². The number of H-pyrrole nitrogens is 1. The number of hydrogen-bond donors (Lipinski definition) is 5. The minimum Gasteiger partial charge on any atom is -0.396 e. The van der Waals surface area contributed by atoms with Crippen molar-refractivity contribution in [2.45, 2.75) is 6.42 Å². The number of rotatable bonds is 5. The van der Waals surface area contributed by atoms with Gasteiger partial charge < -0.3 is 16.2 Å². The molecule has 3 aromatic rings. The van der Waals surface area contributed by atoms with Crippen LogP contribution in [0.4, 0.5) is 16.4 Å². The number of aromatic nitrogens is 3. The Hall–Kier alpha value is -3.13. The van der Waals surface area contributed by atoms with Crippen molar-refractivity contribution in [2.24, 2.45) is 0 Å². The molecule has 0 aliphatic heterocycles. The van der Waals surface area contributed by atoms with Gasteiger partial charge in [0.05, 0.1) is 5.52 Å². The van der Waals surface area contributed by atoms with Crippen molar-refractivity contribution in [3.63, 3.8) is 0 Å². The highest BCUT2D eigenvalue weighted by Gasteiger charge is 2.07. The summed E-state index contributed by atoms with van der Waals surface area (Å²) in [6.07, 6.45) is 2.13. The molecule has 0 saturated carbocycles. The number of fused-ring (bicyclic) bond motifs is 1. The lowest BCUT2D eigenvalue weighted by atomic mass is 10.0. The summed E-state index contributed by atoms with van der Waals surface area (Å²) < 4.78 is 0. The number of nitrogens with two attached hydrogens (primary N) is 1. The Balaban J connectivity index is 1.78. The van der Waals surface area contributed by atoms with E-state index in [4.69, 9.17) is 10.8 Å². The molecule has 8 nitrogen and oxygen atoms in total. The first-order valence-electron chi connectivity index (χ1n) is 7.53. The average Bonchev–Trinajstić information content (AvgIpc) is 2.96. The first-order valence-corrected chi connectivity index (χ1v) is 7.53. The van der Waals surface area contributed by atoms with Gasteiger partial charge in [-0.05, 0) is 41.8 Å². The van der Waals surface area contributed by atoms with E-state index in [9.17, 15) is 4.79 Å². The monoisotopic (exact) mass is 326 g/mol. The molecule has 2 amide bonds. The maximum atomic E-state index is 11.7. The van der Waals surface area contributed by atoms with E-state index in [0.717, 1.165) is 22.0 Å². The van der Waals surface area contributed by atoms with Crippen LogP contribution in [0.5, 0.6) is 0 Å². The van der Waals surface area contributed by atoms with Gasteiger partial charge in [0, 0.05) is 24.7 Å². The van der Waals surface area contributed by atoms with Crippen LogP contribution in [0, 0.1) is 0 Å². The Morgan fingerprint density at radius 3 is 2.92 bits per heavy atom. The van der Waals surface area contributed by atoms with E-state index in [1.807, 2.05) is 24.3 Å². The summed E-state index contributed by atoms with van der Waals surface area (Å²) in [6, 6.07) is 9.07. The normalized spacial score (nSPS) is 10.7. The molecule has 0 atom stereocenters. The second-order valence-electron chi connectivity index (χ2n) is 5.26. The third kappa shape index (κ3) is 3.44. The number of nitrogen functional groups attached to an aromatic ring is 1. The first-order chi connectivity index (χ1) is 11.7. The zero-order valence-electron chi connectivity index (χ0n) is 12.9. The Morgan fingerprint density at radius 2 is 2.08 bits per heavy atom. The van der Waals surface area contributed by atoms with E-state index >= 15 is 0 Å². The van der Waals surface area contributed by atoms with Crippen LogP contribution in [0.1, 0.15) is 6.42 Å². The highest BCUT2D eigenvalue weighted by atomic mass is 16.3. The fraction of sp³-hybridized carbons (Fsp3) is 0.188. The fourth-order valence-corrected chi connectivity index (χ4v) is 2.33. The number of aliphatic hydroxyl groups excluding tert-OH is 1. The molecule has 0 fully saturated rings. The molecule has 0 spiro atoms. The number of nitrogens with zero attached hydrogens (tertiary/aromatic N) is 2. The van der Waals surface area contributed by atoms with Crippen molar-refractivity contribution >= 4 is 28.6 Å². The van der Waals surface area contributed by atoms with Gasteiger partial charge in [-0.15, -0.1) is 0 Å². The van der Waals surface area contributed by atoms with Gasteiger partial charge in [-0.25, -0.2) is 9.78 Å². The second-order valence-corrected chi connectivity index (χ2v) is 5.26. The Kier molecular flexibility index (Phi) is 4.57. The van der Waals surface area contributed by atoms with Crippen LogP contribution in [0.3, 0.4) is 0 Å². The molecule has 0 radical (unpaired) electrons. The Morgan fingerprint density at radius 1 is 1.25 bits per heavy atom. The molecular weight excluding hydrogens is 308 g/mol. The van der Waals surface area contributed by atoms with Crippen LogP contribution in [0.2, 0.25) is 0 Å². The summed E-state index contributed by atoms with van der Waals surface area (Å²) in [6.45, 7) is 0.437. The van der Waals surface area contributed by atoms with Crippen LogP contribution in [0.25, 0.3) is 22.0 Å². The number of carbonyl (C=O) groups excluding carboxylic acids is 1. The van der Waals surface area contributed by atoms with Gasteiger partial charge in [-0.2, -0.15) is 5.10 Å². The number of anilines is 2. The van der Waals surface area contributed by atoms with Crippen molar-refractivity contribution in [3.8, 4) is 11.1 Å². The lowest BCUT2D eigenvalue weighted by molar-refractivity contribution is 0.249. The van der Waals surface area contributed by atoms with Crippen LogP contribution < -0.4 is 16.4 Å². The number of aromatic amines is 1. The fourth-order valence-electron chi connectivity index (χ4n) is 2.33. The SMILES string of the molecule is Nc1n[nH]c2ccc(-c3ccnc(NC(=O)NCCCO)c3)cc12. The van der Waals surface area contributed by atoms with E-state index in [2.05, 4.69) is 25.8 Å². The summed E-state index contributed by atoms with van der Waals surface area (Å²) in [5.41, 5.74) is 8.55.